The van der Waals surface area contributed by atoms with Crippen molar-refractivity contribution in [2.24, 2.45) is 0 Å². The average Bonchev–Trinajstić information content (AvgIpc) is 1.00. The Labute approximate surface area is 31.4 Å². The van der Waals surface area contributed by atoms with Crippen molar-refractivity contribution in [3.8, 4) is 0 Å². The molecule has 0 atom stereocenters. The lowest BCUT2D eigenvalue weighted by molar-refractivity contribution is 0.607. The summed E-state index contributed by atoms with van der Waals surface area (Å²) in [7, 11) is 1.72. The summed E-state index contributed by atoms with van der Waals surface area (Å²) in [5.41, 5.74) is 0. The van der Waals surface area contributed by atoms with Crippen LogP contribution in [0.3, 0.4) is 0 Å². The fourth-order valence-corrected chi connectivity index (χ4v) is 0. The fourth-order valence-electron chi connectivity index (χ4n) is 0. The van der Waals surface area contributed by atoms with Gasteiger partial charge in [-0.3, -0.25) is 4.57 Å². The Balaban J connectivity index is -0.00000000167. The molecule has 0 heterocycles. The van der Waals surface area contributed by atoms with Gasteiger partial charge in [0, 0.05) is 0 Å². The molecular formula is H7O4P. The maximum Gasteiger partial charge on any atom is 0.138 e. The van der Waals surface area contributed by atoms with Crippen molar-refractivity contribution in [2.45, 2.75) is 0 Å². The number of hydrogen-bond acceptors (Lipinski definition) is 1. The van der Waals surface area contributed by atoms with E-state index in [1.54, 1.807) is 9.12 Å². The van der Waals surface area contributed by atoms with Crippen LogP contribution in [0.2, 0.25) is 0 Å². The summed E-state index contributed by atoms with van der Waals surface area (Å²) in [6.07, 6.45) is 0. The van der Waals surface area contributed by atoms with E-state index >= 15 is 0 Å². The molecular weight excluding hydrogens is 95.0 g/mol. The zero-order valence-corrected chi connectivity index (χ0v) is 3.41. The third-order valence-corrected chi connectivity index (χ3v) is 0. The van der Waals surface area contributed by atoms with Crippen molar-refractivity contribution in [3.05, 3.63) is 0 Å². The summed E-state index contributed by atoms with van der Waals surface area (Å²) in [5.74, 6) is 0. The van der Waals surface area contributed by atoms with Crippen molar-refractivity contribution in [1.82, 2.24) is 0 Å². The van der Waals surface area contributed by atoms with Gasteiger partial charge in [0.2, 0.25) is 0 Å². The lowest BCUT2D eigenvalue weighted by atomic mass is 16.0. The van der Waals surface area contributed by atoms with Crippen molar-refractivity contribution >= 4 is 9.12 Å². The predicted octanol–water partition coefficient (Wildman–Crippen LogP) is -2.00. The highest BCUT2D eigenvalue weighted by Crippen LogP contribution is 1.23. The fraction of sp³-hybridized carbons (Fsp3) is 0. The Morgan fingerprint density at radius 2 is 0.800 bits per heavy atom. The lowest BCUT2D eigenvalue weighted by Crippen LogP contribution is -0.489. The van der Waals surface area contributed by atoms with Gasteiger partial charge in [0.15, 0.2) is 0 Å². The summed E-state index contributed by atoms with van der Waals surface area (Å²) in [4.78, 5) is 0. The topological polar surface area (TPSA) is 112 Å². The molecule has 0 bridgehead atoms. The Kier molecular flexibility index (Phi) is 1450000. The van der Waals surface area contributed by atoms with Gasteiger partial charge in [-0.2, -0.15) is 0 Å². The van der Waals surface area contributed by atoms with Crippen LogP contribution in [-0.2, 0) is 4.57 Å². The monoisotopic (exact) mass is 102 g/mol. The van der Waals surface area contributed by atoms with Crippen LogP contribution in [0.5, 0.6) is 0 Å². The average molecular weight is 102 g/mol. The smallest absolute Gasteiger partial charge is 0.138 e. The molecule has 0 aliphatic rings. The molecule has 5 heavy (non-hydrogen) atoms. The molecule has 0 saturated carbocycles. The quantitative estimate of drug-likeness (QED) is 0.323. The standard InChI is InChI=1S/HOP.3H2O/c1-2;;;/h2H;3*1H2. The maximum atomic E-state index is 8.06. The number of rotatable bonds is 0. The molecule has 0 fully saturated rings. The second kappa shape index (κ2) is 88400. The first-order valence-corrected chi connectivity index (χ1v) is 0.612. The summed E-state index contributed by atoms with van der Waals surface area (Å²) in [6, 6.07) is 0. The van der Waals surface area contributed by atoms with Gasteiger partial charge in [0.1, 0.15) is 9.12 Å². The van der Waals surface area contributed by atoms with Gasteiger partial charge in [-0.15, -0.1) is 0 Å². The van der Waals surface area contributed by atoms with E-state index in [0.717, 1.165) is 0 Å². The van der Waals surface area contributed by atoms with E-state index in [1.165, 1.54) is 0 Å². The van der Waals surface area contributed by atoms with Crippen molar-refractivity contribution in [1.29, 1.82) is 0 Å². The van der Waals surface area contributed by atoms with Crippen molar-refractivity contribution in [3.63, 3.8) is 0 Å². The van der Waals surface area contributed by atoms with Crippen LogP contribution in [-0.4, -0.2) is 16.4 Å². The van der Waals surface area contributed by atoms with Gasteiger partial charge in [0.25, 0.3) is 0 Å². The van der Waals surface area contributed by atoms with Crippen LogP contribution in [0.1, 0.15) is 0 Å². The molecule has 0 spiro atoms. The summed E-state index contributed by atoms with van der Waals surface area (Å²) < 4.78 is 8.06. The minimum absolute atomic E-state index is 0. The second-order valence-electron chi connectivity index (χ2n) is 0. The number of hydrogen-bond donors (Lipinski definition) is 0. The largest absolute Gasteiger partial charge is 0.412 e. The molecule has 6 N–H and O–H groups in total. The van der Waals surface area contributed by atoms with E-state index < -0.39 is 0 Å². The summed E-state index contributed by atoms with van der Waals surface area (Å²) in [6.45, 7) is 0. The third kappa shape index (κ3) is 39000. The van der Waals surface area contributed by atoms with E-state index in [2.05, 4.69) is 0 Å². The minimum atomic E-state index is 0. The maximum absolute atomic E-state index is 8.06. The molecule has 0 aromatic carbocycles. The third-order valence-electron chi connectivity index (χ3n) is 0. The van der Waals surface area contributed by atoms with Crippen molar-refractivity contribution in [2.75, 3.05) is 0 Å². The molecule has 0 aliphatic heterocycles. The minimum Gasteiger partial charge on any atom is -0.412 e. The van der Waals surface area contributed by atoms with Crippen LogP contribution < -0.4 is 0 Å². The van der Waals surface area contributed by atoms with Gasteiger partial charge >= 0.3 is 0 Å². The first-order valence-electron chi connectivity index (χ1n) is 0.204. The highest BCUT2D eigenvalue weighted by Gasteiger charge is 0.667. The van der Waals surface area contributed by atoms with Gasteiger partial charge in [0.05, 0.1) is 0 Å². The molecule has 4 nitrogen and oxygen atoms in total. The molecule has 0 aromatic rings. The van der Waals surface area contributed by atoms with E-state index in [9.17, 15) is 0 Å². The van der Waals surface area contributed by atoms with E-state index in [1.807, 2.05) is 0 Å². The highest BCUT2D eigenvalue weighted by molar-refractivity contribution is 7.00. The Morgan fingerprint density at radius 3 is 0.800 bits per heavy atom. The van der Waals surface area contributed by atoms with Crippen LogP contribution in [0, 0.1) is 0 Å². The van der Waals surface area contributed by atoms with Crippen LogP contribution in [0.15, 0.2) is 0 Å². The van der Waals surface area contributed by atoms with Gasteiger partial charge in [-0.05, 0) is 0 Å². The molecule has 0 aromatic heterocycles. The zero-order chi connectivity index (χ0) is 2.00. The van der Waals surface area contributed by atoms with Gasteiger partial charge < -0.3 is 16.4 Å². The van der Waals surface area contributed by atoms with Crippen LogP contribution in [0.4, 0.5) is 0 Å². The summed E-state index contributed by atoms with van der Waals surface area (Å²) in [5, 5.41) is 0. The van der Waals surface area contributed by atoms with E-state index in [4.69, 9.17) is 4.57 Å². The van der Waals surface area contributed by atoms with Gasteiger partial charge in [-0.1, -0.05) is 0 Å². The Hall–Kier alpha value is -0.0200. The first-order chi connectivity index (χ1) is 1.00. The highest BCUT2D eigenvalue weighted by atomic mass is 31.0. The molecule has 0 unspecified atom stereocenters. The lowest BCUT2D eigenvalue weighted by Gasteiger charge is -0.807. The molecule has 0 amide bonds. The van der Waals surface area contributed by atoms with Crippen LogP contribution in [0.25, 0.3) is 0 Å². The molecule has 0 rings (SSSR count). The zero-order valence-electron chi connectivity index (χ0n) is 2.41. The Morgan fingerprint density at radius 1 is 0.800 bits per heavy atom. The molecule has 36 valence electrons. The SMILES string of the molecule is O.O.O.O=P. The molecule has 0 aliphatic carbocycles. The Bertz CT molecular complexity index is 3.61. The molecule has 0 radical (unpaired) electrons. The van der Waals surface area contributed by atoms with Crippen molar-refractivity contribution < 1.29 is 21.0 Å². The van der Waals surface area contributed by atoms with Gasteiger partial charge in [-0.25, -0.2) is 0 Å². The second-order valence-corrected chi connectivity index (χ2v) is 0. The molecule has 5 heteroatoms. The van der Waals surface area contributed by atoms with E-state index in [-0.39, 0.29) is 16.4 Å². The first kappa shape index (κ1) is 82.1. The predicted molar refractivity (Wildman–Crippen MR) is 19.8 cm³/mol. The molecule has 0 saturated heterocycles. The van der Waals surface area contributed by atoms with E-state index in [0.29, 0.717) is 0 Å². The normalized spacial score (nSPS) is 0.800. The van der Waals surface area contributed by atoms with Crippen LogP contribution >= 0.6 is 9.12 Å². The summed E-state index contributed by atoms with van der Waals surface area (Å²) >= 11 is 0.